The maximum absolute atomic E-state index is 12.6. The van der Waals surface area contributed by atoms with Gasteiger partial charge in [0.2, 0.25) is 0 Å². The topological polar surface area (TPSA) is 33.2 Å². The van der Waals surface area contributed by atoms with Gasteiger partial charge in [0.15, 0.2) is 5.78 Å². The van der Waals surface area contributed by atoms with Crippen LogP contribution in [-0.4, -0.2) is 35.3 Å². The fraction of sp³-hybridized carbons (Fsp3) is 0.500. The number of rotatable bonds is 4. The standard InChI is InChI=1S/C12H15FN2O/c13-10-3-4-11(14-9-10)12(16)5-8-15-6-1-2-7-15/h3-4,9H,1-2,5-8H2. The van der Waals surface area contributed by atoms with E-state index in [-0.39, 0.29) is 5.78 Å². The predicted molar refractivity (Wildman–Crippen MR) is 58.8 cm³/mol. The van der Waals surface area contributed by atoms with Crippen molar-refractivity contribution in [2.75, 3.05) is 19.6 Å². The lowest BCUT2D eigenvalue weighted by Crippen LogP contribution is -2.22. The van der Waals surface area contributed by atoms with E-state index in [4.69, 9.17) is 0 Å². The van der Waals surface area contributed by atoms with E-state index in [0.29, 0.717) is 12.1 Å². The number of halogens is 1. The molecule has 1 fully saturated rings. The lowest BCUT2D eigenvalue weighted by Gasteiger charge is -2.12. The number of Topliss-reactive ketones (excluding diaryl/α,β-unsaturated/α-hetero) is 1. The Labute approximate surface area is 94.3 Å². The molecule has 2 heterocycles. The van der Waals surface area contributed by atoms with Crippen LogP contribution < -0.4 is 0 Å². The van der Waals surface area contributed by atoms with Gasteiger partial charge in [0.1, 0.15) is 11.5 Å². The average molecular weight is 222 g/mol. The quantitative estimate of drug-likeness (QED) is 0.729. The van der Waals surface area contributed by atoms with Gasteiger partial charge < -0.3 is 4.90 Å². The molecule has 0 amide bonds. The first-order valence-corrected chi connectivity index (χ1v) is 5.63. The summed E-state index contributed by atoms with van der Waals surface area (Å²) in [5, 5.41) is 0. The largest absolute Gasteiger partial charge is 0.303 e. The van der Waals surface area contributed by atoms with Crippen molar-refractivity contribution in [2.45, 2.75) is 19.3 Å². The number of hydrogen-bond donors (Lipinski definition) is 0. The number of nitrogens with zero attached hydrogens (tertiary/aromatic N) is 2. The van der Waals surface area contributed by atoms with Crippen LogP contribution in [0.5, 0.6) is 0 Å². The van der Waals surface area contributed by atoms with E-state index in [1.807, 2.05) is 0 Å². The SMILES string of the molecule is O=C(CCN1CCCC1)c1ccc(F)cn1. The molecule has 0 radical (unpaired) electrons. The van der Waals surface area contributed by atoms with Gasteiger partial charge in [0.25, 0.3) is 0 Å². The third kappa shape index (κ3) is 2.85. The second kappa shape index (κ2) is 5.16. The summed E-state index contributed by atoms with van der Waals surface area (Å²) in [6, 6.07) is 2.72. The highest BCUT2D eigenvalue weighted by atomic mass is 19.1. The number of ketones is 1. The molecule has 1 aromatic heterocycles. The van der Waals surface area contributed by atoms with Crippen LogP contribution in [-0.2, 0) is 0 Å². The van der Waals surface area contributed by atoms with Gasteiger partial charge in [-0.15, -0.1) is 0 Å². The second-order valence-corrected chi connectivity index (χ2v) is 4.08. The lowest BCUT2D eigenvalue weighted by molar-refractivity contribution is 0.0964. The van der Waals surface area contributed by atoms with Crippen LogP contribution in [0.15, 0.2) is 18.3 Å². The highest BCUT2D eigenvalue weighted by Crippen LogP contribution is 2.09. The third-order valence-corrected chi connectivity index (χ3v) is 2.87. The summed E-state index contributed by atoms with van der Waals surface area (Å²) in [5.74, 6) is -0.414. The monoisotopic (exact) mass is 222 g/mol. The molecule has 0 atom stereocenters. The second-order valence-electron chi connectivity index (χ2n) is 4.08. The molecule has 0 spiro atoms. The Kier molecular flexibility index (Phi) is 3.62. The van der Waals surface area contributed by atoms with Gasteiger partial charge in [-0.1, -0.05) is 0 Å². The van der Waals surface area contributed by atoms with Gasteiger partial charge in [0, 0.05) is 13.0 Å². The van der Waals surface area contributed by atoms with E-state index in [2.05, 4.69) is 9.88 Å². The molecule has 1 aliphatic rings. The first-order chi connectivity index (χ1) is 7.75. The Hall–Kier alpha value is -1.29. The van der Waals surface area contributed by atoms with Crippen molar-refractivity contribution in [3.63, 3.8) is 0 Å². The minimum Gasteiger partial charge on any atom is -0.303 e. The first kappa shape index (κ1) is 11.2. The molecule has 1 aliphatic heterocycles. The highest BCUT2D eigenvalue weighted by Gasteiger charge is 2.14. The Morgan fingerprint density at radius 1 is 1.38 bits per heavy atom. The van der Waals surface area contributed by atoms with Crippen LogP contribution in [0.4, 0.5) is 4.39 Å². The molecule has 0 saturated carbocycles. The number of carbonyl (C=O) groups is 1. The summed E-state index contributed by atoms with van der Waals surface area (Å²) in [6.07, 6.45) is 4.01. The fourth-order valence-electron chi connectivity index (χ4n) is 1.93. The first-order valence-electron chi connectivity index (χ1n) is 5.63. The van der Waals surface area contributed by atoms with E-state index in [0.717, 1.165) is 25.8 Å². The Bertz CT molecular complexity index is 358. The summed E-state index contributed by atoms with van der Waals surface area (Å²) in [6.45, 7) is 2.96. The van der Waals surface area contributed by atoms with Crippen LogP contribution in [0, 0.1) is 5.82 Å². The normalized spacial score (nSPS) is 16.6. The lowest BCUT2D eigenvalue weighted by atomic mass is 10.2. The van der Waals surface area contributed by atoms with Crippen molar-refractivity contribution in [1.82, 2.24) is 9.88 Å². The van der Waals surface area contributed by atoms with Gasteiger partial charge in [0.05, 0.1) is 6.20 Å². The molecule has 0 bridgehead atoms. The molecule has 0 unspecified atom stereocenters. The van der Waals surface area contributed by atoms with Crippen molar-refractivity contribution in [2.24, 2.45) is 0 Å². The molecular weight excluding hydrogens is 207 g/mol. The van der Waals surface area contributed by atoms with Gasteiger partial charge in [-0.2, -0.15) is 0 Å². The van der Waals surface area contributed by atoms with Gasteiger partial charge in [-0.3, -0.25) is 9.78 Å². The number of aromatic nitrogens is 1. The molecule has 3 nitrogen and oxygen atoms in total. The fourth-order valence-corrected chi connectivity index (χ4v) is 1.93. The number of hydrogen-bond acceptors (Lipinski definition) is 3. The van der Waals surface area contributed by atoms with Crippen molar-refractivity contribution < 1.29 is 9.18 Å². The minimum atomic E-state index is -0.406. The molecule has 0 N–H and O–H groups in total. The molecule has 16 heavy (non-hydrogen) atoms. The Morgan fingerprint density at radius 3 is 2.75 bits per heavy atom. The third-order valence-electron chi connectivity index (χ3n) is 2.87. The predicted octanol–water partition coefficient (Wildman–Crippen LogP) is 1.89. The molecule has 1 saturated heterocycles. The zero-order valence-corrected chi connectivity index (χ0v) is 9.16. The van der Waals surface area contributed by atoms with Crippen molar-refractivity contribution >= 4 is 5.78 Å². The van der Waals surface area contributed by atoms with E-state index < -0.39 is 5.82 Å². The maximum Gasteiger partial charge on any atom is 0.182 e. The van der Waals surface area contributed by atoms with Crippen molar-refractivity contribution in [3.05, 3.63) is 29.8 Å². The zero-order valence-electron chi connectivity index (χ0n) is 9.16. The van der Waals surface area contributed by atoms with Gasteiger partial charge in [-0.05, 0) is 38.1 Å². The van der Waals surface area contributed by atoms with Crippen LogP contribution in [0.25, 0.3) is 0 Å². The average Bonchev–Trinajstić information content (AvgIpc) is 2.80. The van der Waals surface area contributed by atoms with Crippen LogP contribution >= 0.6 is 0 Å². The number of likely N-dealkylation sites (tertiary alicyclic amines) is 1. The van der Waals surface area contributed by atoms with Crippen LogP contribution in [0.3, 0.4) is 0 Å². The Morgan fingerprint density at radius 2 is 2.12 bits per heavy atom. The summed E-state index contributed by atoms with van der Waals surface area (Å²) in [4.78, 5) is 17.8. The maximum atomic E-state index is 12.6. The number of pyridine rings is 1. The summed E-state index contributed by atoms with van der Waals surface area (Å²) in [5.41, 5.74) is 0.362. The molecule has 0 aliphatic carbocycles. The molecule has 86 valence electrons. The minimum absolute atomic E-state index is 0.00750. The van der Waals surface area contributed by atoms with E-state index >= 15 is 0 Å². The smallest absolute Gasteiger partial charge is 0.182 e. The molecule has 0 aromatic carbocycles. The summed E-state index contributed by atoms with van der Waals surface area (Å²) >= 11 is 0. The van der Waals surface area contributed by atoms with Crippen LogP contribution in [0.2, 0.25) is 0 Å². The van der Waals surface area contributed by atoms with E-state index in [1.165, 1.54) is 25.0 Å². The molecular formula is C12H15FN2O. The van der Waals surface area contributed by atoms with Crippen LogP contribution in [0.1, 0.15) is 29.8 Å². The van der Waals surface area contributed by atoms with E-state index in [1.54, 1.807) is 0 Å². The summed E-state index contributed by atoms with van der Waals surface area (Å²) in [7, 11) is 0. The van der Waals surface area contributed by atoms with Crippen molar-refractivity contribution in [3.8, 4) is 0 Å². The van der Waals surface area contributed by atoms with E-state index in [9.17, 15) is 9.18 Å². The summed E-state index contributed by atoms with van der Waals surface area (Å²) < 4.78 is 12.6. The Balaban J connectivity index is 1.85. The molecule has 2 rings (SSSR count). The van der Waals surface area contributed by atoms with Gasteiger partial charge >= 0.3 is 0 Å². The van der Waals surface area contributed by atoms with Crippen molar-refractivity contribution in [1.29, 1.82) is 0 Å². The molecule has 1 aromatic rings. The number of carbonyl (C=O) groups excluding carboxylic acids is 1. The van der Waals surface area contributed by atoms with Gasteiger partial charge in [-0.25, -0.2) is 4.39 Å². The highest BCUT2D eigenvalue weighted by molar-refractivity contribution is 5.94. The zero-order chi connectivity index (χ0) is 11.4. The molecule has 4 heteroatoms.